The highest BCUT2D eigenvalue weighted by molar-refractivity contribution is 5.94. The van der Waals surface area contributed by atoms with Crippen LogP contribution in [0.2, 0.25) is 0 Å². The van der Waals surface area contributed by atoms with E-state index in [0.29, 0.717) is 5.56 Å². The predicted molar refractivity (Wildman–Crippen MR) is 84.0 cm³/mol. The number of nitrogens with zero attached hydrogens (tertiary/aromatic N) is 2. The van der Waals surface area contributed by atoms with Crippen LogP contribution in [0, 0.1) is 5.82 Å². The molecule has 2 aromatic rings. The lowest BCUT2D eigenvalue weighted by Crippen LogP contribution is -2.31. The molecule has 0 saturated carbocycles. The first-order valence-corrected chi connectivity index (χ1v) is 7.17. The molecule has 0 fully saturated rings. The highest BCUT2D eigenvalue weighted by Gasteiger charge is 2.16. The van der Waals surface area contributed by atoms with Crippen molar-refractivity contribution in [2.75, 3.05) is 20.6 Å². The molecule has 1 aromatic carbocycles. The molecule has 1 aromatic heterocycles. The minimum absolute atomic E-state index is 0.171. The summed E-state index contributed by atoms with van der Waals surface area (Å²) in [5, 5.41) is 3.00. The summed E-state index contributed by atoms with van der Waals surface area (Å²) in [4.78, 5) is 18.3. The highest BCUT2D eigenvalue weighted by atomic mass is 19.1. The van der Waals surface area contributed by atoms with E-state index in [2.05, 4.69) is 10.3 Å². The van der Waals surface area contributed by atoms with Crippen molar-refractivity contribution in [3.63, 3.8) is 0 Å². The molecule has 0 aliphatic heterocycles. The topological polar surface area (TPSA) is 45.2 Å². The van der Waals surface area contributed by atoms with Gasteiger partial charge >= 0.3 is 0 Å². The van der Waals surface area contributed by atoms with Gasteiger partial charge in [-0.05, 0) is 56.9 Å². The van der Waals surface area contributed by atoms with Crippen LogP contribution in [0.25, 0.3) is 0 Å². The smallest absolute Gasteiger partial charge is 0.253 e. The predicted octanol–water partition coefficient (Wildman–Crippen LogP) is 2.64. The number of hydrogen-bond donors (Lipinski definition) is 1. The molecular weight excluding hydrogens is 281 g/mol. The Hall–Kier alpha value is -2.27. The monoisotopic (exact) mass is 301 g/mol. The SMILES string of the molecule is CN(C)CCC(NC(=O)c1cccnc1)c1ccc(F)cc1. The maximum absolute atomic E-state index is 13.1. The van der Waals surface area contributed by atoms with Crippen molar-refractivity contribution in [1.29, 1.82) is 0 Å². The van der Waals surface area contributed by atoms with Crippen LogP contribution in [0.1, 0.15) is 28.4 Å². The molecule has 0 aliphatic rings. The first-order chi connectivity index (χ1) is 10.6. The van der Waals surface area contributed by atoms with E-state index in [0.717, 1.165) is 18.5 Å². The van der Waals surface area contributed by atoms with Gasteiger partial charge in [-0.2, -0.15) is 0 Å². The van der Waals surface area contributed by atoms with E-state index in [9.17, 15) is 9.18 Å². The van der Waals surface area contributed by atoms with Crippen molar-refractivity contribution < 1.29 is 9.18 Å². The van der Waals surface area contributed by atoms with Gasteiger partial charge in [0, 0.05) is 12.4 Å². The molecule has 0 spiro atoms. The van der Waals surface area contributed by atoms with Gasteiger partial charge in [0.1, 0.15) is 5.82 Å². The third-order valence-electron chi connectivity index (χ3n) is 3.37. The van der Waals surface area contributed by atoms with Gasteiger partial charge in [0.15, 0.2) is 0 Å². The van der Waals surface area contributed by atoms with Crippen LogP contribution >= 0.6 is 0 Å². The summed E-state index contributed by atoms with van der Waals surface area (Å²) >= 11 is 0. The summed E-state index contributed by atoms with van der Waals surface area (Å²) in [6, 6.07) is 9.51. The Balaban J connectivity index is 2.13. The van der Waals surface area contributed by atoms with Crippen molar-refractivity contribution >= 4 is 5.91 Å². The molecular formula is C17H20FN3O. The molecule has 116 valence electrons. The largest absolute Gasteiger partial charge is 0.345 e. The Morgan fingerprint density at radius 1 is 1.27 bits per heavy atom. The normalized spacial score (nSPS) is 12.2. The summed E-state index contributed by atoms with van der Waals surface area (Å²) in [6.07, 6.45) is 3.90. The quantitative estimate of drug-likeness (QED) is 0.892. The zero-order valence-electron chi connectivity index (χ0n) is 12.8. The molecule has 1 amide bonds. The van der Waals surface area contributed by atoms with Crippen LogP contribution < -0.4 is 5.32 Å². The molecule has 0 aliphatic carbocycles. The number of aromatic nitrogens is 1. The summed E-state index contributed by atoms with van der Waals surface area (Å²) in [7, 11) is 3.95. The Morgan fingerprint density at radius 3 is 2.59 bits per heavy atom. The molecule has 5 heteroatoms. The van der Waals surface area contributed by atoms with Crippen molar-refractivity contribution in [2.24, 2.45) is 0 Å². The van der Waals surface area contributed by atoms with E-state index < -0.39 is 0 Å². The van der Waals surface area contributed by atoms with E-state index in [1.54, 1.807) is 30.5 Å². The van der Waals surface area contributed by atoms with Gasteiger partial charge in [-0.25, -0.2) is 4.39 Å². The van der Waals surface area contributed by atoms with E-state index in [1.165, 1.54) is 18.3 Å². The van der Waals surface area contributed by atoms with Gasteiger partial charge in [0.05, 0.1) is 11.6 Å². The van der Waals surface area contributed by atoms with Crippen LogP contribution in [0.15, 0.2) is 48.8 Å². The molecule has 0 bridgehead atoms. The standard InChI is InChI=1S/C17H20FN3O/c1-21(2)11-9-16(13-5-7-15(18)8-6-13)20-17(22)14-4-3-10-19-12-14/h3-8,10,12,16H,9,11H2,1-2H3,(H,20,22). The number of amides is 1. The molecule has 2 rings (SSSR count). The first kappa shape index (κ1) is 16.1. The third-order valence-corrected chi connectivity index (χ3v) is 3.37. The summed E-state index contributed by atoms with van der Waals surface area (Å²) < 4.78 is 13.1. The zero-order valence-corrected chi connectivity index (χ0v) is 12.8. The van der Waals surface area contributed by atoms with Crippen LogP contribution in [-0.2, 0) is 0 Å². The van der Waals surface area contributed by atoms with Crippen molar-refractivity contribution in [1.82, 2.24) is 15.2 Å². The second kappa shape index (κ2) is 7.66. The lowest BCUT2D eigenvalue weighted by Gasteiger charge is -2.21. The third kappa shape index (κ3) is 4.63. The minimum atomic E-state index is -0.284. The number of carbonyl (C=O) groups is 1. The molecule has 0 radical (unpaired) electrons. The molecule has 22 heavy (non-hydrogen) atoms. The van der Waals surface area contributed by atoms with Crippen LogP contribution in [0.5, 0.6) is 0 Å². The average Bonchev–Trinajstić information content (AvgIpc) is 2.53. The molecule has 0 saturated heterocycles. The maximum atomic E-state index is 13.1. The van der Waals surface area contributed by atoms with Gasteiger partial charge < -0.3 is 10.2 Å². The Morgan fingerprint density at radius 2 is 2.00 bits per heavy atom. The van der Waals surface area contributed by atoms with Crippen molar-refractivity contribution in [3.05, 3.63) is 65.7 Å². The Labute approximate surface area is 130 Å². The number of halogens is 1. The van der Waals surface area contributed by atoms with Gasteiger partial charge in [-0.1, -0.05) is 12.1 Å². The highest BCUT2D eigenvalue weighted by Crippen LogP contribution is 2.18. The van der Waals surface area contributed by atoms with E-state index >= 15 is 0 Å². The summed E-state index contributed by atoms with van der Waals surface area (Å²) in [6.45, 7) is 0.815. The zero-order chi connectivity index (χ0) is 15.9. The van der Waals surface area contributed by atoms with E-state index in [4.69, 9.17) is 0 Å². The van der Waals surface area contributed by atoms with Crippen molar-refractivity contribution in [3.8, 4) is 0 Å². The number of rotatable bonds is 6. The fraction of sp³-hybridized carbons (Fsp3) is 0.294. The first-order valence-electron chi connectivity index (χ1n) is 7.17. The van der Waals surface area contributed by atoms with Crippen molar-refractivity contribution in [2.45, 2.75) is 12.5 Å². The molecule has 1 N–H and O–H groups in total. The molecule has 1 heterocycles. The minimum Gasteiger partial charge on any atom is -0.345 e. The Bertz CT molecular complexity index is 599. The number of hydrogen-bond acceptors (Lipinski definition) is 3. The summed E-state index contributed by atoms with van der Waals surface area (Å²) in [5.74, 6) is -0.463. The number of carbonyl (C=O) groups excluding carboxylic acids is 1. The van der Waals surface area contributed by atoms with Crippen LogP contribution in [-0.4, -0.2) is 36.4 Å². The summed E-state index contributed by atoms with van der Waals surface area (Å²) in [5.41, 5.74) is 1.40. The van der Waals surface area contributed by atoms with Gasteiger partial charge in [0.25, 0.3) is 5.91 Å². The number of benzene rings is 1. The van der Waals surface area contributed by atoms with Gasteiger partial charge in [0.2, 0.25) is 0 Å². The van der Waals surface area contributed by atoms with E-state index in [1.807, 2.05) is 19.0 Å². The average molecular weight is 301 g/mol. The molecule has 1 unspecified atom stereocenters. The van der Waals surface area contributed by atoms with E-state index in [-0.39, 0.29) is 17.8 Å². The lowest BCUT2D eigenvalue weighted by molar-refractivity contribution is 0.0932. The second-order valence-corrected chi connectivity index (χ2v) is 5.41. The van der Waals surface area contributed by atoms with Crippen LogP contribution in [0.3, 0.4) is 0 Å². The van der Waals surface area contributed by atoms with Crippen LogP contribution in [0.4, 0.5) is 4.39 Å². The fourth-order valence-corrected chi connectivity index (χ4v) is 2.14. The van der Waals surface area contributed by atoms with Gasteiger partial charge in [-0.15, -0.1) is 0 Å². The molecule has 4 nitrogen and oxygen atoms in total. The van der Waals surface area contributed by atoms with Gasteiger partial charge in [-0.3, -0.25) is 9.78 Å². The number of pyridine rings is 1. The maximum Gasteiger partial charge on any atom is 0.253 e. The number of nitrogens with one attached hydrogen (secondary N) is 1. The molecule has 1 atom stereocenters. The fourth-order valence-electron chi connectivity index (χ4n) is 2.14. The Kier molecular flexibility index (Phi) is 5.61. The lowest BCUT2D eigenvalue weighted by atomic mass is 10.0. The second-order valence-electron chi connectivity index (χ2n) is 5.41.